The molecule has 0 saturated heterocycles. The van der Waals surface area contributed by atoms with E-state index in [4.69, 9.17) is 4.74 Å². The highest BCUT2D eigenvalue weighted by molar-refractivity contribution is 5.89. The van der Waals surface area contributed by atoms with Gasteiger partial charge in [0.15, 0.2) is 0 Å². The molecular weight excluding hydrogens is 269 g/mol. The van der Waals surface area contributed by atoms with Crippen LogP contribution in [0.3, 0.4) is 0 Å². The summed E-state index contributed by atoms with van der Waals surface area (Å²) in [5, 5.41) is 3.44. The van der Waals surface area contributed by atoms with Gasteiger partial charge in [0.05, 0.1) is 18.7 Å². The Labute approximate surface area is 122 Å². The number of carbonyl (C=O) groups excluding carboxylic acids is 1. The number of ether oxygens (including phenoxy) is 1. The van der Waals surface area contributed by atoms with E-state index in [2.05, 4.69) is 5.32 Å². The van der Waals surface area contributed by atoms with Crippen molar-refractivity contribution >= 4 is 5.97 Å². The van der Waals surface area contributed by atoms with Crippen LogP contribution in [0.25, 0.3) is 0 Å². The molecule has 0 saturated carbocycles. The fourth-order valence-corrected chi connectivity index (χ4v) is 2.76. The van der Waals surface area contributed by atoms with E-state index in [0.717, 1.165) is 29.7 Å². The fourth-order valence-electron chi connectivity index (χ4n) is 2.76. The van der Waals surface area contributed by atoms with Gasteiger partial charge >= 0.3 is 5.97 Å². The van der Waals surface area contributed by atoms with E-state index in [1.54, 1.807) is 18.2 Å². The van der Waals surface area contributed by atoms with E-state index in [9.17, 15) is 9.18 Å². The number of rotatable bonds is 2. The van der Waals surface area contributed by atoms with Gasteiger partial charge in [0.2, 0.25) is 0 Å². The molecule has 21 heavy (non-hydrogen) atoms. The van der Waals surface area contributed by atoms with Crippen molar-refractivity contribution in [3.63, 3.8) is 0 Å². The lowest BCUT2D eigenvalue weighted by Crippen LogP contribution is -2.30. The molecule has 1 aliphatic heterocycles. The number of nitrogens with one attached hydrogen (secondary N) is 1. The minimum absolute atomic E-state index is 0.0287. The molecule has 1 atom stereocenters. The lowest BCUT2D eigenvalue weighted by atomic mass is 9.89. The van der Waals surface area contributed by atoms with E-state index in [-0.39, 0.29) is 17.8 Å². The van der Waals surface area contributed by atoms with Gasteiger partial charge in [0, 0.05) is 6.54 Å². The van der Waals surface area contributed by atoms with Crippen molar-refractivity contribution in [2.45, 2.75) is 12.5 Å². The highest BCUT2D eigenvalue weighted by Crippen LogP contribution is 2.29. The van der Waals surface area contributed by atoms with Gasteiger partial charge < -0.3 is 10.1 Å². The number of hydrogen-bond donors (Lipinski definition) is 1. The van der Waals surface area contributed by atoms with E-state index in [0.29, 0.717) is 5.56 Å². The van der Waals surface area contributed by atoms with Gasteiger partial charge in [-0.2, -0.15) is 0 Å². The maximum Gasteiger partial charge on any atom is 0.337 e. The molecule has 4 heteroatoms. The van der Waals surface area contributed by atoms with Crippen LogP contribution in [0.5, 0.6) is 0 Å². The SMILES string of the molecule is COC(=O)c1ccc2c(c1)CCNC2c1ccc(F)cc1. The minimum Gasteiger partial charge on any atom is -0.465 e. The Morgan fingerprint density at radius 2 is 2.00 bits per heavy atom. The molecule has 0 aromatic heterocycles. The van der Waals surface area contributed by atoms with Crippen LogP contribution in [-0.2, 0) is 11.2 Å². The van der Waals surface area contributed by atoms with Crippen LogP contribution in [0.4, 0.5) is 4.39 Å². The van der Waals surface area contributed by atoms with Crippen LogP contribution in [0.15, 0.2) is 42.5 Å². The summed E-state index contributed by atoms with van der Waals surface area (Å²) in [5.41, 5.74) is 3.84. The number of halogens is 1. The van der Waals surface area contributed by atoms with E-state index >= 15 is 0 Å². The molecule has 3 rings (SSSR count). The normalized spacial score (nSPS) is 17.1. The van der Waals surface area contributed by atoms with Crippen molar-refractivity contribution in [3.05, 3.63) is 70.5 Å². The largest absolute Gasteiger partial charge is 0.465 e. The molecule has 1 heterocycles. The Bertz CT molecular complexity index is 667. The zero-order chi connectivity index (χ0) is 14.8. The van der Waals surface area contributed by atoms with Crippen LogP contribution in [0, 0.1) is 5.82 Å². The summed E-state index contributed by atoms with van der Waals surface area (Å²) in [6.07, 6.45) is 0.859. The molecular formula is C17H16FNO2. The predicted molar refractivity (Wildman–Crippen MR) is 77.7 cm³/mol. The van der Waals surface area contributed by atoms with Crippen molar-refractivity contribution in [3.8, 4) is 0 Å². The first kappa shape index (κ1) is 13.8. The third-order valence-electron chi connectivity index (χ3n) is 3.82. The molecule has 0 spiro atoms. The van der Waals surface area contributed by atoms with Gasteiger partial charge in [0.1, 0.15) is 5.82 Å². The third-order valence-corrected chi connectivity index (χ3v) is 3.82. The summed E-state index contributed by atoms with van der Waals surface area (Å²) in [4.78, 5) is 11.6. The standard InChI is InChI=1S/C17H16FNO2/c1-21-17(20)13-4-7-15-12(10-13)8-9-19-16(15)11-2-5-14(18)6-3-11/h2-7,10,16,19H,8-9H2,1H3. The van der Waals surface area contributed by atoms with Gasteiger partial charge in [-0.3, -0.25) is 0 Å². The van der Waals surface area contributed by atoms with Crippen LogP contribution in [-0.4, -0.2) is 19.6 Å². The molecule has 0 radical (unpaired) electrons. The first-order chi connectivity index (χ1) is 10.2. The topological polar surface area (TPSA) is 38.3 Å². The second-order valence-electron chi connectivity index (χ2n) is 5.09. The molecule has 1 N–H and O–H groups in total. The Kier molecular flexibility index (Phi) is 3.71. The Hall–Kier alpha value is -2.20. The average Bonchev–Trinajstić information content (AvgIpc) is 2.54. The van der Waals surface area contributed by atoms with Crippen molar-refractivity contribution < 1.29 is 13.9 Å². The third kappa shape index (κ3) is 2.67. The summed E-state index contributed by atoms with van der Waals surface area (Å²) in [6, 6.07) is 12.1. The monoisotopic (exact) mass is 285 g/mol. The van der Waals surface area contributed by atoms with E-state index < -0.39 is 0 Å². The number of hydrogen-bond acceptors (Lipinski definition) is 3. The highest BCUT2D eigenvalue weighted by atomic mass is 19.1. The summed E-state index contributed by atoms with van der Waals surface area (Å²) in [7, 11) is 1.38. The Morgan fingerprint density at radius 3 is 2.71 bits per heavy atom. The molecule has 2 aromatic rings. The zero-order valence-electron chi connectivity index (χ0n) is 11.7. The summed E-state index contributed by atoms with van der Waals surface area (Å²) >= 11 is 0. The average molecular weight is 285 g/mol. The maximum atomic E-state index is 13.1. The molecule has 0 aliphatic carbocycles. The van der Waals surface area contributed by atoms with Crippen LogP contribution in [0.2, 0.25) is 0 Å². The van der Waals surface area contributed by atoms with Gasteiger partial charge in [-0.25, -0.2) is 9.18 Å². The molecule has 108 valence electrons. The second-order valence-corrected chi connectivity index (χ2v) is 5.09. The minimum atomic E-state index is -0.324. The van der Waals surface area contributed by atoms with Crippen molar-refractivity contribution in [2.24, 2.45) is 0 Å². The summed E-state index contributed by atoms with van der Waals surface area (Å²) in [6.45, 7) is 0.819. The lowest BCUT2D eigenvalue weighted by Gasteiger charge is -2.27. The number of carbonyl (C=O) groups is 1. The van der Waals surface area contributed by atoms with Crippen LogP contribution in [0.1, 0.15) is 33.1 Å². The van der Waals surface area contributed by atoms with E-state index in [1.165, 1.54) is 19.2 Å². The molecule has 0 fully saturated rings. The van der Waals surface area contributed by atoms with Crippen molar-refractivity contribution in [1.29, 1.82) is 0 Å². The number of esters is 1. The van der Waals surface area contributed by atoms with Gasteiger partial charge in [-0.1, -0.05) is 18.2 Å². The zero-order valence-corrected chi connectivity index (χ0v) is 11.7. The first-order valence-electron chi connectivity index (χ1n) is 6.89. The predicted octanol–water partition coefficient (Wildman–Crippen LogP) is 2.85. The van der Waals surface area contributed by atoms with Crippen molar-refractivity contribution in [2.75, 3.05) is 13.7 Å². The summed E-state index contributed by atoms with van der Waals surface area (Å²) < 4.78 is 17.8. The molecule has 0 amide bonds. The molecule has 1 aliphatic rings. The van der Waals surface area contributed by atoms with Crippen molar-refractivity contribution in [1.82, 2.24) is 5.32 Å². The maximum absolute atomic E-state index is 13.1. The molecule has 0 bridgehead atoms. The number of benzene rings is 2. The fraction of sp³-hybridized carbons (Fsp3) is 0.235. The van der Waals surface area contributed by atoms with Gasteiger partial charge in [-0.15, -0.1) is 0 Å². The van der Waals surface area contributed by atoms with Crippen LogP contribution < -0.4 is 5.32 Å². The smallest absolute Gasteiger partial charge is 0.337 e. The van der Waals surface area contributed by atoms with E-state index in [1.807, 2.05) is 12.1 Å². The summed E-state index contributed by atoms with van der Waals surface area (Å²) in [5.74, 6) is -0.564. The first-order valence-corrected chi connectivity index (χ1v) is 6.89. The Balaban J connectivity index is 1.98. The quantitative estimate of drug-likeness (QED) is 0.862. The molecule has 2 aromatic carbocycles. The number of fused-ring (bicyclic) bond motifs is 1. The highest BCUT2D eigenvalue weighted by Gasteiger charge is 2.22. The van der Waals surface area contributed by atoms with Gasteiger partial charge in [-0.05, 0) is 47.4 Å². The second kappa shape index (κ2) is 5.66. The molecule has 3 nitrogen and oxygen atoms in total. The van der Waals surface area contributed by atoms with Crippen LogP contribution >= 0.6 is 0 Å². The van der Waals surface area contributed by atoms with Gasteiger partial charge in [0.25, 0.3) is 0 Å². The lowest BCUT2D eigenvalue weighted by molar-refractivity contribution is 0.0600. The molecule has 1 unspecified atom stereocenters. The Morgan fingerprint density at radius 1 is 1.24 bits per heavy atom. The number of methoxy groups -OCH3 is 1.